The molecule has 0 unspecified atom stereocenters. The summed E-state index contributed by atoms with van der Waals surface area (Å²) in [4.78, 5) is 5.69. The van der Waals surface area contributed by atoms with E-state index in [9.17, 15) is 0 Å². The molecule has 0 fully saturated rings. The Kier molecular flexibility index (Phi) is 3.51. The summed E-state index contributed by atoms with van der Waals surface area (Å²) in [6, 6.07) is 6.03. The van der Waals surface area contributed by atoms with Crippen LogP contribution in [0, 0.1) is 13.8 Å². The van der Waals surface area contributed by atoms with Crippen LogP contribution < -0.4 is 5.73 Å². The lowest BCUT2D eigenvalue weighted by atomic mass is 10.2. The Morgan fingerprint density at radius 3 is 2.88 bits per heavy atom. The second-order valence-electron chi connectivity index (χ2n) is 3.70. The molecule has 2 rings (SSSR count). The lowest BCUT2D eigenvalue weighted by Gasteiger charge is -2.05. The molecule has 0 spiro atoms. The van der Waals surface area contributed by atoms with E-state index < -0.39 is 0 Å². The minimum Gasteiger partial charge on any atom is -0.399 e. The van der Waals surface area contributed by atoms with E-state index in [1.807, 2.05) is 19.1 Å². The van der Waals surface area contributed by atoms with Crippen molar-refractivity contribution in [3.63, 3.8) is 0 Å². The second-order valence-corrected chi connectivity index (χ2v) is 5.66. The van der Waals surface area contributed by atoms with Crippen molar-refractivity contribution in [2.45, 2.75) is 24.5 Å². The molecule has 0 aliphatic rings. The molecule has 84 valence electrons. The first-order valence-electron chi connectivity index (χ1n) is 5.05. The Bertz CT molecular complexity index is 492. The molecule has 0 aliphatic carbocycles. The maximum atomic E-state index is 5.77. The molecule has 1 aromatic carbocycles. The zero-order chi connectivity index (χ0) is 11.5. The van der Waals surface area contributed by atoms with E-state index in [-0.39, 0.29) is 0 Å². The number of aryl methyl sites for hydroxylation is 2. The van der Waals surface area contributed by atoms with E-state index in [4.69, 9.17) is 5.73 Å². The molecule has 1 heterocycles. The predicted molar refractivity (Wildman–Crippen MR) is 72.0 cm³/mol. The highest BCUT2D eigenvalue weighted by molar-refractivity contribution is 7.98. The molecule has 1 aromatic heterocycles. The summed E-state index contributed by atoms with van der Waals surface area (Å²) in [6.45, 7) is 4.13. The third-order valence-corrected chi connectivity index (χ3v) is 4.55. The van der Waals surface area contributed by atoms with Crippen molar-refractivity contribution in [2.75, 3.05) is 5.73 Å². The number of anilines is 1. The van der Waals surface area contributed by atoms with E-state index in [1.54, 1.807) is 23.1 Å². The van der Waals surface area contributed by atoms with Crippen molar-refractivity contribution in [1.82, 2.24) is 4.98 Å². The molecule has 0 atom stereocenters. The number of aromatic nitrogens is 1. The maximum absolute atomic E-state index is 5.77. The Morgan fingerprint density at radius 1 is 1.38 bits per heavy atom. The predicted octanol–water partition coefficient (Wildman–Crippen LogP) is 3.63. The number of hydrogen-bond donors (Lipinski definition) is 1. The number of rotatable bonds is 3. The molecule has 2 nitrogen and oxygen atoms in total. The third kappa shape index (κ3) is 2.77. The highest BCUT2D eigenvalue weighted by Gasteiger charge is 2.03. The fourth-order valence-electron chi connectivity index (χ4n) is 1.38. The lowest BCUT2D eigenvalue weighted by Crippen LogP contribution is -1.88. The maximum Gasteiger partial charge on any atom is 0.103 e. The summed E-state index contributed by atoms with van der Waals surface area (Å²) < 4.78 is 0. The van der Waals surface area contributed by atoms with Crippen LogP contribution in [0.25, 0.3) is 0 Å². The van der Waals surface area contributed by atoms with Crippen molar-refractivity contribution in [3.8, 4) is 0 Å². The summed E-state index contributed by atoms with van der Waals surface area (Å²) in [6.07, 6.45) is 0. The van der Waals surface area contributed by atoms with Gasteiger partial charge in [0.25, 0.3) is 0 Å². The molecular formula is C12H14N2S2. The zero-order valence-corrected chi connectivity index (χ0v) is 11.0. The van der Waals surface area contributed by atoms with Gasteiger partial charge < -0.3 is 5.73 Å². The van der Waals surface area contributed by atoms with Crippen molar-refractivity contribution in [2.24, 2.45) is 0 Å². The first kappa shape index (κ1) is 11.5. The van der Waals surface area contributed by atoms with Gasteiger partial charge in [-0.2, -0.15) is 0 Å². The average Bonchev–Trinajstić information content (AvgIpc) is 2.66. The Labute approximate surface area is 104 Å². The number of nitrogens with two attached hydrogens (primary N) is 1. The van der Waals surface area contributed by atoms with Gasteiger partial charge in [0, 0.05) is 21.7 Å². The van der Waals surface area contributed by atoms with Crippen LogP contribution in [0.15, 0.2) is 28.5 Å². The summed E-state index contributed by atoms with van der Waals surface area (Å²) >= 11 is 3.51. The van der Waals surface area contributed by atoms with Gasteiger partial charge in [-0.15, -0.1) is 23.1 Å². The van der Waals surface area contributed by atoms with Crippen LogP contribution in [0.2, 0.25) is 0 Å². The minimum absolute atomic E-state index is 0.823. The van der Waals surface area contributed by atoms with Gasteiger partial charge in [0.1, 0.15) is 5.01 Å². The normalized spacial score (nSPS) is 10.6. The molecule has 16 heavy (non-hydrogen) atoms. The fraction of sp³-hybridized carbons (Fsp3) is 0.250. The van der Waals surface area contributed by atoms with Gasteiger partial charge in [-0.1, -0.05) is 6.07 Å². The van der Waals surface area contributed by atoms with Gasteiger partial charge in [0.2, 0.25) is 0 Å². The third-order valence-electron chi connectivity index (χ3n) is 2.23. The summed E-state index contributed by atoms with van der Waals surface area (Å²) in [5.41, 5.74) is 8.97. The minimum atomic E-state index is 0.823. The van der Waals surface area contributed by atoms with E-state index in [2.05, 4.69) is 23.4 Å². The van der Waals surface area contributed by atoms with E-state index >= 15 is 0 Å². The van der Waals surface area contributed by atoms with Crippen molar-refractivity contribution >= 4 is 28.8 Å². The number of thiazole rings is 1. The van der Waals surface area contributed by atoms with E-state index in [0.717, 1.165) is 17.1 Å². The van der Waals surface area contributed by atoms with Crippen LogP contribution in [0.3, 0.4) is 0 Å². The molecule has 0 radical (unpaired) electrons. The molecule has 0 bridgehead atoms. The standard InChI is InChI=1S/C12H14N2S2/c1-8-3-4-10(13)5-11(8)15-7-12-14-9(2)6-16-12/h3-6H,7,13H2,1-2H3. The first-order chi connectivity index (χ1) is 7.65. The first-order valence-corrected chi connectivity index (χ1v) is 6.91. The molecule has 0 saturated heterocycles. The van der Waals surface area contributed by atoms with Gasteiger partial charge in [-0.05, 0) is 31.5 Å². The van der Waals surface area contributed by atoms with Crippen LogP contribution in [0.5, 0.6) is 0 Å². The van der Waals surface area contributed by atoms with Crippen LogP contribution in [0.4, 0.5) is 5.69 Å². The highest BCUT2D eigenvalue weighted by atomic mass is 32.2. The number of hydrogen-bond acceptors (Lipinski definition) is 4. The highest BCUT2D eigenvalue weighted by Crippen LogP contribution is 2.28. The SMILES string of the molecule is Cc1csc(CSc2cc(N)ccc2C)n1. The van der Waals surface area contributed by atoms with E-state index in [0.29, 0.717) is 0 Å². The van der Waals surface area contributed by atoms with Crippen LogP contribution in [-0.4, -0.2) is 4.98 Å². The zero-order valence-electron chi connectivity index (χ0n) is 9.36. The van der Waals surface area contributed by atoms with Crippen LogP contribution in [0.1, 0.15) is 16.3 Å². The largest absolute Gasteiger partial charge is 0.399 e. The Balaban J connectivity index is 2.07. The molecular weight excluding hydrogens is 236 g/mol. The van der Waals surface area contributed by atoms with Gasteiger partial charge in [-0.3, -0.25) is 0 Å². The topological polar surface area (TPSA) is 38.9 Å². The van der Waals surface area contributed by atoms with Gasteiger partial charge in [0.05, 0.1) is 5.75 Å². The molecule has 0 saturated carbocycles. The number of benzene rings is 1. The summed E-state index contributed by atoms with van der Waals surface area (Å²) in [7, 11) is 0. The number of thioether (sulfide) groups is 1. The van der Waals surface area contributed by atoms with Crippen molar-refractivity contribution in [3.05, 3.63) is 39.8 Å². The van der Waals surface area contributed by atoms with Crippen LogP contribution in [-0.2, 0) is 5.75 Å². The quantitative estimate of drug-likeness (QED) is 0.668. The molecule has 4 heteroatoms. The van der Waals surface area contributed by atoms with Gasteiger partial charge in [0.15, 0.2) is 0 Å². The average molecular weight is 250 g/mol. The Morgan fingerprint density at radius 2 is 2.19 bits per heavy atom. The smallest absolute Gasteiger partial charge is 0.103 e. The van der Waals surface area contributed by atoms with Gasteiger partial charge in [-0.25, -0.2) is 4.98 Å². The summed E-state index contributed by atoms with van der Waals surface area (Å²) in [5.74, 6) is 0.919. The molecule has 2 aromatic rings. The number of nitrogen functional groups attached to an aromatic ring is 1. The fourth-order valence-corrected chi connectivity index (χ4v) is 3.24. The lowest BCUT2D eigenvalue weighted by molar-refractivity contribution is 1.18. The monoisotopic (exact) mass is 250 g/mol. The number of nitrogens with zero attached hydrogens (tertiary/aromatic N) is 1. The van der Waals surface area contributed by atoms with Gasteiger partial charge >= 0.3 is 0 Å². The van der Waals surface area contributed by atoms with Crippen molar-refractivity contribution < 1.29 is 0 Å². The Hall–Kier alpha value is -1.00. The summed E-state index contributed by atoms with van der Waals surface area (Å²) in [5, 5.41) is 3.26. The van der Waals surface area contributed by atoms with Crippen LogP contribution >= 0.6 is 23.1 Å². The molecule has 0 amide bonds. The van der Waals surface area contributed by atoms with E-state index in [1.165, 1.54) is 15.5 Å². The molecule has 0 aliphatic heterocycles. The molecule has 2 N–H and O–H groups in total. The van der Waals surface area contributed by atoms with Crippen molar-refractivity contribution in [1.29, 1.82) is 0 Å². The second kappa shape index (κ2) is 4.89.